The third-order valence-electron chi connectivity index (χ3n) is 13.0. The van der Waals surface area contributed by atoms with Crippen molar-refractivity contribution in [2.75, 3.05) is 0 Å². The largest absolute Gasteiger partial charge is 0.417 e. The first kappa shape index (κ1) is 41.8. The van der Waals surface area contributed by atoms with E-state index in [2.05, 4.69) is 83.4 Å². The highest BCUT2D eigenvalue weighted by molar-refractivity contribution is 6.12. The van der Waals surface area contributed by atoms with Crippen LogP contribution >= 0.6 is 0 Å². The van der Waals surface area contributed by atoms with E-state index in [-0.39, 0.29) is 22.3 Å². The van der Waals surface area contributed by atoms with Crippen molar-refractivity contribution in [2.45, 2.75) is 6.18 Å². The topological polar surface area (TPSA) is 83.2 Å². The second-order valence-corrected chi connectivity index (χ2v) is 17.1. The number of nitrogens with zero attached hydrogens (tertiary/aromatic N) is 6. The minimum atomic E-state index is -4.78. The Labute approximate surface area is 399 Å². The fourth-order valence-corrected chi connectivity index (χ4v) is 9.84. The molecular weight excluding hydrogens is 874 g/mol. The Morgan fingerprint density at radius 2 is 0.914 bits per heavy atom. The predicted octanol–water partition coefficient (Wildman–Crippen LogP) is 15.8. The van der Waals surface area contributed by atoms with Gasteiger partial charge in [-0.25, -0.2) is 9.97 Å². The van der Waals surface area contributed by atoms with Gasteiger partial charge in [-0.1, -0.05) is 127 Å². The lowest BCUT2D eigenvalue weighted by molar-refractivity contribution is -0.137. The van der Waals surface area contributed by atoms with Crippen LogP contribution in [0.15, 0.2) is 212 Å². The molecule has 9 aromatic carbocycles. The average molecular weight is 909 g/mol. The molecule has 0 amide bonds. The predicted molar refractivity (Wildman–Crippen MR) is 272 cm³/mol. The van der Waals surface area contributed by atoms with Crippen LogP contribution in [-0.2, 0) is 6.18 Å². The summed E-state index contributed by atoms with van der Waals surface area (Å²) < 4.78 is 48.8. The molecule has 0 saturated carbocycles. The zero-order valence-corrected chi connectivity index (χ0v) is 37.0. The Morgan fingerprint density at radius 3 is 1.56 bits per heavy atom. The van der Waals surface area contributed by atoms with Crippen LogP contribution < -0.4 is 0 Å². The first-order valence-electron chi connectivity index (χ1n) is 22.6. The summed E-state index contributed by atoms with van der Waals surface area (Å²) in [6.07, 6.45) is -4.78. The molecule has 0 aliphatic heterocycles. The van der Waals surface area contributed by atoms with Crippen LogP contribution in [0.4, 0.5) is 13.2 Å². The number of hydrogen-bond acceptors (Lipinski definition) is 4. The molecule has 0 saturated heterocycles. The van der Waals surface area contributed by atoms with E-state index in [1.807, 2.05) is 114 Å². The first-order chi connectivity index (χ1) is 34.2. The molecule has 0 unspecified atom stereocenters. The van der Waals surface area contributed by atoms with Crippen molar-refractivity contribution >= 4 is 43.6 Å². The monoisotopic (exact) mass is 908 g/mol. The molecule has 3 heterocycles. The van der Waals surface area contributed by atoms with Crippen LogP contribution in [0.25, 0.3) is 111 Å². The molecule has 0 fully saturated rings. The SMILES string of the molecule is N#Cc1ccc(-n2c3ccccc3c3cc(-c4cc(-c5cc(-c6ccccc6)nc(-c6ccccc6)n5)cc(-n5c6ccccc6c6ccccc65)c4)ccc32)c(-c2ccc(C#N)cc2C(F)(F)F)c1. The van der Waals surface area contributed by atoms with Crippen molar-refractivity contribution in [1.82, 2.24) is 19.1 Å². The van der Waals surface area contributed by atoms with Gasteiger partial charge < -0.3 is 9.13 Å². The zero-order valence-electron chi connectivity index (χ0n) is 37.0. The molecule has 9 heteroatoms. The first-order valence-corrected chi connectivity index (χ1v) is 22.6. The van der Waals surface area contributed by atoms with Gasteiger partial charge in [0, 0.05) is 49.5 Å². The molecule has 0 N–H and O–H groups in total. The van der Waals surface area contributed by atoms with Gasteiger partial charge in [-0.05, 0) is 102 Å². The van der Waals surface area contributed by atoms with E-state index in [0.29, 0.717) is 11.5 Å². The normalized spacial score (nSPS) is 11.6. The molecule has 0 spiro atoms. The number of nitriles is 2. The van der Waals surface area contributed by atoms with E-state index in [9.17, 15) is 23.7 Å². The quantitative estimate of drug-likeness (QED) is 0.159. The highest BCUT2D eigenvalue weighted by atomic mass is 19.4. The highest BCUT2D eigenvalue weighted by Crippen LogP contribution is 2.44. The van der Waals surface area contributed by atoms with Gasteiger partial charge in [-0.3, -0.25) is 0 Å². The van der Waals surface area contributed by atoms with E-state index in [1.54, 1.807) is 12.1 Å². The molecule has 0 radical (unpaired) electrons. The fraction of sp³-hybridized carbons (Fsp3) is 0.0164. The van der Waals surface area contributed by atoms with Gasteiger partial charge in [-0.15, -0.1) is 0 Å². The van der Waals surface area contributed by atoms with Crippen molar-refractivity contribution in [3.63, 3.8) is 0 Å². The number of alkyl halides is 3. The van der Waals surface area contributed by atoms with Crippen LogP contribution in [-0.4, -0.2) is 19.1 Å². The molecule has 0 bridgehead atoms. The lowest BCUT2D eigenvalue weighted by Gasteiger charge is -2.18. The Kier molecular flexibility index (Phi) is 9.94. The minimum Gasteiger partial charge on any atom is -0.309 e. The van der Waals surface area contributed by atoms with Gasteiger partial charge in [-0.2, -0.15) is 23.7 Å². The number of benzene rings is 9. The molecule has 0 aliphatic carbocycles. The molecular formula is C61H35F3N6. The number of fused-ring (bicyclic) bond motifs is 6. The highest BCUT2D eigenvalue weighted by Gasteiger charge is 2.35. The second kappa shape index (κ2) is 16.6. The third kappa shape index (κ3) is 7.13. The van der Waals surface area contributed by atoms with Gasteiger partial charge in [0.2, 0.25) is 0 Å². The summed E-state index contributed by atoms with van der Waals surface area (Å²) in [6, 6.07) is 71.8. The maximum absolute atomic E-state index is 14.8. The summed E-state index contributed by atoms with van der Waals surface area (Å²) in [4.78, 5) is 10.3. The van der Waals surface area contributed by atoms with Crippen molar-refractivity contribution < 1.29 is 13.2 Å². The summed E-state index contributed by atoms with van der Waals surface area (Å²) in [5, 5.41) is 23.6. The van der Waals surface area contributed by atoms with Crippen LogP contribution in [0.5, 0.6) is 0 Å². The zero-order chi connectivity index (χ0) is 47.5. The van der Waals surface area contributed by atoms with E-state index in [4.69, 9.17) is 9.97 Å². The van der Waals surface area contributed by atoms with E-state index in [0.717, 1.165) is 94.6 Å². The van der Waals surface area contributed by atoms with E-state index >= 15 is 0 Å². The molecule has 12 rings (SSSR count). The minimum absolute atomic E-state index is 0.114. The van der Waals surface area contributed by atoms with Gasteiger partial charge in [0.15, 0.2) is 5.82 Å². The molecule has 330 valence electrons. The van der Waals surface area contributed by atoms with Crippen molar-refractivity contribution in [3.05, 3.63) is 229 Å². The lowest BCUT2D eigenvalue weighted by Crippen LogP contribution is -2.09. The Morgan fingerprint density at radius 1 is 0.386 bits per heavy atom. The summed E-state index contributed by atoms with van der Waals surface area (Å²) in [5.74, 6) is 0.598. The fourth-order valence-electron chi connectivity index (χ4n) is 9.84. The van der Waals surface area contributed by atoms with Crippen LogP contribution in [0.1, 0.15) is 16.7 Å². The number of para-hydroxylation sites is 3. The Bertz CT molecular complexity index is 4030. The molecule has 0 aliphatic rings. The summed E-state index contributed by atoms with van der Waals surface area (Å²) in [5.41, 5.74) is 10.3. The standard InChI is InChI=1S/C61H35F3N6/c62-61(63,64)52-30-39(37-66)23-26-46(52)50-29-38(36-65)24-27-58(50)70-57-22-12-9-19-49(57)51-34-42(25-28-59(51)70)43-31-44(33-45(32-43)69-55-20-10-7-17-47(55)48-18-8-11-21-56(48)69)54-35-53(40-13-3-1-4-14-40)67-60(68-54)41-15-5-2-6-16-41/h1-35H. The van der Waals surface area contributed by atoms with Gasteiger partial charge >= 0.3 is 6.18 Å². The maximum Gasteiger partial charge on any atom is 0.417 e. The molecule has 70 heavy (non-hydrogen) atoms. The molecule has 6 nitrogen and oxygen atoms in total. The summed E-state index contributed by atoms with van der Waals surface area (Å²) >= 11 is 0. The van der Waals surface area contributed by atoms with Crippen molar-refractivity contribution in [1.29, 1.82) is 10.5 Å². The third-order valence-corrected chi connectivity index (χ3v) is 13.0. The Balaban J connectivity index is 1.11. The molecule has 3 aromatic heterocycles. The lowest BCUT2D eigenvalue weighted by atomic mass is 9.94. The summed E-state index contributed by atoms with van der Waals surface area (Å²) in [6.45, 7) is 0. The van der Waals surface area contributed by atoms with Crippen LogP contribution in [0.2, 0.25) is 0 Å². The number of halogens is 3. The number of aromatic nitrogens is 4. The Hall–Kier alpha value is -9.57. The van der Waals surface area contributed by atoms with E-state index < -0.39 is 11.7 Å². The van der Waals surface area contributed by atoms with Gasteiger partial charge in [0.1, 0.15) is 0 Å². The second-order valence-electron chi connectivity index (χ2n) is 17.1. The smallest absolute Gasteiger partial charge is 0.309 e. The average Bonchev–Trinajstić information content (AvgIpc) is 3.93. The molecule has 12 aromatic rings. The van der Waals surface area contributed by atoms with Crippen molar-refractivity contribution in [2.24, 2.45) is 0 Å². The van der Waals surface area contributed by atoms with Crippen LogP contribution in [0, 0.1) is 22.7 Å². The van der Waals surface area contributed by atoms with Gasteiger partial charge in [0.05, 0.1) is 68.0 Å². The number of rotatable bonds is 7. The number of hydrogen-bond donors (Lipinski definition) is 0. The molecule has 0 atom stereocenters. The van der Waals surface area contributed by atoms with E-state index in [1.165, 1.54) is 18.2 Å². The summed E-state index contributed by atoms with van der Waals surface area (Å²) in [7, 11) is 0. The van der Waals surface area contributed by atoms with Crippen molar-refractivity contribution in [3.8, 4) is 79.7 Å². The van der Waals surface area contributed by atoms with Crippen LogP contribution in [0.3, 0.4) is 0 Å². The maximum atomic E-state index is 14.8. The van der Waals surface area contributed by atoms with Gasteiger partial charge in [0.25, 0.3) is 0 Å².